The highest BCUT2D eigenvalue weighted by Crippen LogP contribution is 2.21. The van der Waals surface area contributed by atoms with Gasteiger partial charge in [0.2, 0.25) is 5.91 Å². The van der Waals surface area contributed by atoms with Crippen LogP contribution in [0.4, 0.5) is 5.69 Å². The first-order chi connectivity index (χ1) is 7.04. The monoisotopic (exact) mass is 207 g/mol. The van der Waals surface area contributed by atoms with E-state index >= 15 is 0 Å². The molecular weight excluding hydrogens is 190 g/mol. The lowest BCUT2D eigenvalue weighted by atomic mass is 10.1. The Labute approximate surface area is 90.4 Å². The number of anilines is 1. The summed E-state index contributed by atoms with van der Waals surface area (Å²) in [7, 11) is 1.63. The molecule has 0 atom stereocenters. The van der Waals surface area contributed by atoms with Crippen molar-refractivity contribution in [1.29, 1.82) is 0 Å². The predicted molar refractivity (Wildman–Crippen MR) is 61.2 cm³/mol. The summed E-state index contributed by atoms with van der Waals surface area (Å²) in [4.78, 5) is 11.5. The van der Waals surface area contributed by atoms with E-state index in [2.05, 4.69) is 5.32 Å². The molecule has 0 radical (unpaired) electrons. The van der Waals surface area contributed by atoms with Gasteiger partial charge in [-0.25, -0.2) is 0 Å². The van der Waals surface area contributed by atoms with Crippen molar-refractivity contribution in [3.63, 3.8) is 0 Å². The van der Waals surface area contributed by atoms with Gasteiger partial charge >= 0.3 is 0 Å². The van der Waals surface area contributed by atoms with E-state index in [-0.39, 0.29) is 11.8 Å². The Morgan fingerprint density at radius 1 is 1.40 bits per heavy atom. The summed E-state index contributed by atoms with van der Waals surface area (Å²) in [5, 5.41) is 2.87. The van der Waals surface area contributed by atoms with Crippen LogP contribution in [0.25, 0.3) is 0 Å². The standard InChI is InChI=1S/C12H17NO2/c1-8(2)12(14)13-11-6-5-10(15-4)7-9(11)3/h5-8H,1-4H3,(H,13,14). The van der Waals surface area contributed by atoms with E-state index in [1.54, 1.807) is 7.11 Å². The van der Waals surface area contributed by atoms with Gasteiger partial charge < -0.3 is 10.1 Å². The van der Waals surface area contributed by atoms with Crippen molar-refractivity contribution in [2.24, 2.45) is 5.92 Å². The summed E-state index contributed by atoms with van der Waals surface area (Å²) in [6, 6.07) is 5.59. The summed E-state index contributed by atoms with van der Waals surface area (Å²) >= 11 is 0. The highest BCUT2D eigenvalue weighted by Gasteiger charge is 2.08. The first-order valence-electron chi connectivity index (χ1n) is 5.00. The number of carbonyl (C=O) groups is 1. The molecular formula is C12H17NO2. The second-order valence-corrected chi connectivity index (χ2v) is 3.82. The van der Waals surface area contributed by atoms with E-state index in [9.17, 15) is 4.79 Å². The van der Waals surface area contributed by atoms with Gasteiger partial charge in [0.05, 0.1) is 7.11 Å². The first-order valence-corrected chi connectivity index (χ1v) is 5.00. The first kappa shape index (κ1) is 11.6. The number of hydrogen-bond acceptors (Lipinski definition) is 2. The van der Waals surface area contributed by atoms with Crippen molar-refractivity contribution in [2.45, 2.75) is 20.8 Å². The summed E-state index contributed by atoms with van der Waals surface area (Å²) < 4.78 is 5.09. The molecule has 0 bridgehead atoms. The van der Waals surface area contributed by atoms with E-state index in [4.69, 9.17) is 4.74 Å². The third kappa shape index (κ3) is 2.98. The van der Waals surface area contributed by atoms with Crippen molar-refractivity contribution in [1.82, 2.24) is 0 Å². The van der Waals surface area contributed by atoms with Crippen molar-refractivity contribution < 1.29 is 9.53 Å². The Hall–Kier alpha value is -1.51. The van der Waals surface area contributed by atoms with Crippen molar-refractivity contribution in [3.8, 4) is 5.75 Å². The summed E-state index contributed by atoms with van der Waals surface area (Å²) in [5.41, 5.74) is 1.85. The Morgan fingerprint density at radius 2 is 2.07 bits per heavy atom. The maximum absolute atomic E-state index is 11.5. The number of hydrogen-bond donors (Lipinski definition) is 1. The number of nitrogens with one attached hydrogen (secondary N) is 1. The van der Waals surface area contributed by atoms with E-state index in [1.165, 1.54) is 0 Å². The topological polar surface area (TPSA) is 38.3 Å². The van der Waals surface area contributed by atoms with Crippen LogP contribution in [0.2, 0.25) is 0 Å². The predicted octanol–water partition coefficient (Wildman–Crippen LogP) is 2.60. The third-order valence-corrected chi connectivity index (χ3v) is 2.22. The van der Waals surface area contributed by atoms with Crippen LogP contribution in [0.15, 0.2) is 18.2 Å². The molecule has 1 amide bonds. The number of carbonyl (C=O) groups excluding carboxylic acids is 1. The van der Waals surface area contributed by atoms with Crippen LogP contribution < -0.4 is 10.1 Å². The highest BCUT2D eigenvalue weighted by molar-refractivity contribution is 5.92. The molecule has 15 heavy (non-hydrogen) atoms. The minimum Gasteiger partial charge on any atom is -0.497 e. The number of benzene rings is 1. The van der Waals surface area contributed by atoms with Gasteiger partial charge in [0.25, 0.3) is 0 Å². The zero-order valence-electron chi connectivity index (χ0n) is 9.63. The second-order valence-electron chi connectivity index (χ2n) is 3.82. The number of amides is 1. The maximum atomic E-state index is 11.5. The minimum absolute atomic E-state index is 0.00787. The lowest BCUT2D eigenvalue weighted by Gasteiger charge is -2.11. The normalized spacial score (nSPS) is 10.2. The second kappa shape index (κ2) is 4.82. The molecule has 1 N–H and O–H groups in total. The molecule has 0 aromatic heterocycles. The Balaban J connectivity index is 2.83. The maximum Gasteiger partial charge on any atom is 0.226 e. The SMILES string of the molecule is COc1ccc(NC(=O)C(C)C)c(C)c1. The lowest BCUT2D eigenvalue weighted by Crippen LogP contribution is -2.18. The van der Waals surface area contributed by atoms with Gasteiger partial charge in [-0.1, -0.05) is 13.8 Å². The van der Waals surface area contributed by atoms with Crippen LogP contribution in [-0.2, 0) is 4.79 Å². The molecule has 3 heteroatoms. The van der Waals surface area contributed by atoms with Crippen molar-refractivity contribution in [3.05, 3.63) is 23.8 Å². The molecule has 1 aromatic rings. The van der Waals surface area contributed by atoms with Crippen LogP contribution in [0.5, 0.6) is 5.75 Å². The largest absolute Gasteiger partial charge is 0.497 e. The molecule has 82 valence electrons. The van der Waals surface area contributed by atoms with Crippen molar-refractivity contribution in [2.75, 3.05) is 12.4 Å². The average Bonchev–Trinajstić information content (AvgIpc) is 2.20. The van der Waals surface area contributed by atoms with Gasteiger partial charge in [-0.2, -0.15) is 0 Å². The smallest absolute Gasteiger partial charge is 0.226 e. The fourth-order valence-corrected chi connectivity index (χ4v) is 1.18. The molecule has 0 aliphatic heterocycles. The Bertz CT molecular complexity index is 359. The van der Waals surface area contributed by atoms with E-state index in [0.29, 0.717) is 0 Å². The fourth-order valence-electron chi connectivity index (χ4n) is 1.18. The van der Waals surface area contributed by atoms with E-state index in [1.807, 2.05) is 39.0 Å². The Kier molecular flexibility index (Phi) is 3.72. The molecule has 0 saturated heterocycles. The van der Waals surface area contributed by atoms with Gasteiger partial charge in [-0.15, -0.1) is 0 Å². The zero-order chi connectivity index (χ0) is 11.4. The molecule has 3 nitrogen and oxygen atoms in total. The molecule has 1 aromatic carbocycles. The van der Waals surface area contributed by atoms with E-state index < -0.39 is 0 Å². The molecule has 0 aliphatic carbocycles. The quantitative estimate of drug-likeness (QED) is 0.827. The fraction of sp³-hybridized carbons (Fsp3) is 0.417. The Morgan fingerprint density at radius 3 is 2.53 bits per heavy atom. The minimum atomic E-state index is -0.00787. The van der Waals surface area contributed by atoms with E-state index in [0.717, 1.165) is 17.0 Å². The number of aryl methyl sites for hydroxylation is 1. The summed E-state index contributed by atoms with van der Waals surface area (Å²) in [6.07, 6.45) is 0. The van der Waals surface area contributed by atoms with Gasteiger partial charge in [0.1, 0.15) is 5.75 Å². The number of ether oxygens (including phenoxy) is 1. The van der Waals surface area contributed by atoms with Crippen LogP contribution in [0.3, 0.4) is 0 Å². The molecule has 0 heterocycles. The molecule has 0 saturated carbocycles. The van der Waals surface area contributed by atoms with Crippen LogP contribution >= 0.6 is 0 Å². The molecule has 0 aliphatic rings. The van der Waals surface area contributed by atoms with Crippen LogP contribution in [-0.4, -0.2) is 13.0 Å². The molecule has 0 fully saturated rings. The molecule has 1 rings (SSSR count). The molecule has 0 unspecified atom stereocenters. The van der Waals surface area contributed by atoms with Gasteiger partial charge in [-0.05, 0) is 30.7 Å². The number of methoxy groups -OCH3 is 1. The van der Waals surface area contributed by atoms with Gasteiger partial charge in [0.15, 0.2) is 0 Å². The number of rotatable bonds is 3. The zero-order valence-corrected chi connectivity index (χ0v) is 9.63. The van der Waals surface area contributed by atoms with Crippen LogP contribution in [0.1, 0.15) is 19.4 Å². The molecule has 0 spiro atoms. The van der Waals surface area contributed by atoms with Gasteiger partial charge in [-0.3, -0.25) is 4.79 Å². The van der Waals surface area contributed by atoms with Crippen molar-refractivity contribution >= 4 is 11.6 Å². The summed E-state index contributed by atoms with van der Waals surface area (Å²) in [6.45, 7) is 5.68. The average molecular weight is 207 g/mol. The third-order valence-electron chi connectivity index (χ3n) is 2.22. The van der Waals surface area contributed by atoms with Crippen LogP contribution in [0, 0.1) is 12.8 Å². The van der Waals surface area contributed by atoms with Gasteiger partial charge in [0, 0.05) is 11.6 Å². The lowest BCUT2D eigenvalue weighted by molar-refractivity contribution is -0.118. The highest BCUT2D eigenvalue weighted by atomic mass is 16.5. The summed E-state index contributed by atoms with van der Waals surface area (Å²) in [5.74, 6) is 0.824.